The highest BCUT2D eigenvalue weighted by Crippen LogP contribution is 2.49. The van der Waals surface area contributed by atoms with E-state index < -0.39 is 0 Å². The molecule has 0 saturated heterocycles. The van der Waals surface area contributed by atoms with E-state index in [0.717, 1.165) is 27.4 Å². The van der Waals surface area contributed by atoms with Crippen molar-refractivity contribution in [2.75, 3.05) is 0 Å². The van der Waals surface area contributed by atoms with Crippen LogP contribution in [0.5, 0.6) is 0 Å². The fourth-order valence-electron chi connectivity index (χ4n) is 5.55. The van der Waals surface area contributed by atoms with Gasteiger partial charge < -0.3 is 0 Å². The van der Waals surface area contributed by atoms with Crippen molar-refractivity contribution >= 4 is 33.4 Å². The number of fused-ring (bicyclic) bond motifs is 6. The molecule has 0 unspecified atom stereocenters. The van der Waals surface area contributed by atoms with E-state index in [0.29, 0.717) is 11.8 Å². The zero-order chi connectivity index (χ0) is 23.7. The predicted molar refractivity (Wildman–Crippen MR) is 142 cm³/mol. The first-order valence-electron chi connectivity index (χ1n) is 11.7. The second-order valence-corrected chi connectivity index (χ2v) is 9.87. The van der Waals surface area contributed by atoms with Gasteiger partial charge in [0.1, 0.15) is 0 Å². The molecule has 0 amide bonds. The molecule has 1 aliphatic rings. The maximum absolute atomic E-state index is 6.49. The summed E-state index contributed by atoms with van der Waals surface area (Å²) in [5, 5.41) is 2.48. The molecule has 0 aliphatic heterocycles. The van der Waals surface area contributed by atoms with Crippen LogP contribution in [0, 0.1) is 0 Å². The Morgan fingerprint density at radius 3 is 2.03 bits per heavy atom. The quantitative estimate of drug-likeness (QED) is 0.260. The van der Waals surface area contributed by atoms with Crippen LogP contribution in [0.1, 0.15) is 25.0 Å². The molecule has 0 atom stereocenters. The van der Waals surface area contributed by atoms with Crippen LogP contribution >= 0.6 is 11.6 Å². The van der Waals surface area contributed by atoms with Crippen molar-refractivity contribution in [3.63, 3.8) is 0 Å². The number of hydrogen-bond donors (Lipinski definition) is 0. The van der Waals surface area contributed by atoms with Crippen LogP contribution in [-0.2, 0) is 5.41 Å². The van der Waals surface area contributed by atoms with Crippen molar-refractivity contribution < 1.29 is 0 Å². The Labute approximate surface area is 207 Å². The Hall–Kier alpha value is -4.02. The van der Waals surface area contributed by atoms with Crippen molar-refractivity contribution in [3.8, 4) is 28.5 Å². The molecule has 0 bridgehead atoms. The van der Waals surface area contributed by atoms with Crippen LogP contribution in [0.2, 0.25) is 5.28 Å². The van der Waals surface area contributed by atoms with Crippen LogP contribution in [0.25, 0.3) is 50.3 Å². The lowest BCUT2D eigenvalue weighted by atomic mass is 9.82. The molecule has 35 heavy (non-hydrogen) atoms. The Morgan fingerprint density at radius 1 is 0.657 bits per heavy atom. The number of nitrogens with zero attached hydrogens (tertiary/aromatic N) is 4. The van der Waals surface area contributed by atoms with E-state index in [1.807, 2.05) is 12.1 Å². The van der Waals surface area contributed by atoms with Crippen LogP contribution < -0.4 is 0 Å². The smallest absolute Gasteiger partial charge is 0.239 e. The molecule has 0 spiro atoms. The maximum atomic E-state index is 6.49. The largest absolute Gasteiger partial charge is 0.278 e. The SMILES string of the molecule is CC1(C)c2ccccc2-c2ccc(-c3nc(Cl)nc(-n4c5ccccc5c5ccccc54)n3)cc21. The molecule has 0 fully saturated rings. The van der Waals surface area contributed by atoms with Crippen molar-refractivity contribution in [3.05, 3.63) is 107 Å². The molecule has 1 aliphatic carbocycles. The molecular formula is C30H21ClN4. The molecule has 4 aromatic carbocycles. The van der Waals surface area contributed by atoms with Crippen molar-refractivity contribution in [2.24, 2.45) is 0 Å². The molecule has 7 rings (SSSR count). The second kappa shape index (κ2) is 7.24. The zero-order valence-corrected chi connectivity index (χ0v) is 20.1. The van der Waals surface area contributed by atoms with Gasteiger partial charge in [0, 0.05) is 21.8 Å². The fraction of sp³-hybridized carbons (Fsp3) is 0.100. The molecule has 6 aromatic rings. The van der Waals surface area contributed by atoms with Crippen LogP contribution in [0.4, 0.5) is 0 Å². The predicted octanol–water partition coefficient (Wildman–Crippen LogP) is 7.60. The van der Waals surface area contributed by atoms with Gasteiger partial charge in [0.2, 0.25) is 11.2 Å². The van der Waals surface area contributed by atoms with Gasteiger partial charge in [-0.15, -0.1) is 0 Å². The summed E-state index contributed by atoms with van der Waals surface area (Å²) >= 11 is 6.49. The normalized spacial score (nSPS) is 13.8. The Balaban J connectivity index is 1.44. The molecule has 4 nitrogen and oxygen atoms in total. The zero-order valence-electron chi connectivity index (χ0n) is 19.3. The van der Waals surface area contributed by atoms with E-state index >= 15 is 0 Å². The second-order valence-electron chi connectivity index (χ2n) is 9.53. The summed E-state index contributed by atoms with van der Waals surface area (Å²) in [6, 6.07) is 31.7. The van der Waals surface area contributed by atoms with Gasteiger partial charge in [0.05, 0.1) is 11.0 Å². The molecule has 2 heterocycles. The van der Waals surface area contributed by atoms with Gasteiger partial charge in [-0.25, -0.2) is 0 Å². The molecule has 0 saturated carbocycles. The first kappa shape index (κ1) is 20.4. The van der Waals surface area contributed by atoms with Crippen molar-refractivity contribution in [2.45, 2.75) is 19.3 Å². The lowest BCUT2D eigenvalue weighted by molar-refractivity contribution is 0.660. The van der Waals surface area contributed by atoms with Gasteiger partial charge in [0.25, 0.3) is 0 Å². The number of benzene rings is 4. The summed E-state index contributed by atoms with van der Waals surface area (Å²) in [6.07, 6.45) is 0. The third-order valence-corrected chi connectivity index (χ3v) is 7.39. The minimum Gasteiger partial charge on any atom is -0.278 e. The van der Waals surface area contributed by atoms with E-state index in [-0.39, 0.29) is 10.7 Å². The van der Waals surface area contributed by atoms with Crippen LogP contribution in [-0.4, -0.2) is 19.5 Å². The highest BCUT2D eigenvalue weighted by Gasteiger charge is 2.35. The first-order valence-corrected chi connectivity index (χ1v) is 12.0. The number of rotatable bonds is 2. The number of aromatic nitrogens is 4. The average Bonchev–Trinajstić information content (AvgIpc) is 3.33. The van der Waals surface area contributed by atoms with Gasteiger partial charge in [-0.1, -0.05) is 86.6 Å². The molecular weight excluding hydrogens is 452 g/mol. The minimum absolute atomic E-state index is 0.103. The Kier molecular flexibility index (Phi) is 4.21. The van der Waals surface area contributed by atoms with Crippen molar-refractivity contribution in [1.82, 2.24) is 19.5 Å². The molecule has 168 valence electrons. The number of para-hydroxylation sites is 2. The van der Waals surface area contributed by atoms with E-state index in [2.05, 4.69) is 107 Å². The summed E-state index contributed by atoms with van der Waals surface area (Å²) in [5.41, 5.74) is 8.05. The van der Waals surface area contributed by atoms with Crippen LogP contribution in [0.15, 0.2) is 91.0 Å². The van der Waals surface area contributed by atoms with Gasteiger partial charge in [-0.3, -0.25) is 4.57 Å². The number of halogens is 1. The molecule has 2 aromatic heterocycles. The summed E-state index contributed by atoms with van der Waals surface area (Å²) in [4.78, 5) is 14.0. The Morgan fingerprint density at radius 2 is 1.29 bits per heavy atom. The van der Waals surface area contributed by atoms with Gasteiger partial charge in [0.15, 0.2) is 5.82 Å². The minimum atomic E-state index is -0.103. The maximum Gasteiger partial charge on any atom is 0.239 e. The summed E-state index contributed by atoms with van der Waals surface area (Å²) < 4.78 is 2.06. The monoisotopic (exact) mass is 472 g/mol. The van der Waals surface area contributed by atoms with E-state index in [4.69, 9.17) is 16.6 Å². The molecule has 5 heteroatoms. The van der Waals surface area contributed by atoms with Crippen LogP contribution in [0.3, 0.4) is 0 Å². The third kappa shape index (κ3) is 2.90. The standard InChI is InChI=1S/C30H21ClN4/c1-30(2)23-12-6-3-9-19(23)20-16-15-18(17-24(20)30)27-32-28(31)34-29(33-27)35-25-13-7-4-10-21(25)22-11-5-8-14-26(22)35/h3-17H,1-2H3. The molecule has 0 radical (unpaired) electrons. The van der Waals surface area contributed by atoms with E-state index in [1.54, 1.807) is 0 Å². The van der Waals surface area contributed by atoms with Crippen molar-refractivity contribution in [1.29, 1.82) is 0 Å². The highest BCUT2D eigenvalue weighted by atomic mass is 35.5. The highest BCUT2D eigenvalue weighted by molar-refractivity contribution is 6.28. The van der Waals surface area contributed by atoms with Gasteiger partial charge >= 0.3 is 0 Å². The lowest BCUT2D eigenvalue weighted by Crippen LogP contribution is -2.15. The molecule has 0 N–H and O–H groups in total. The van der Waals surface area contributed by atoms with E-state index in [1.165, 1.54) is 22.3 Å². The van der Waals surface area contributed by atoms with E-state index in [9.17, 15) is 0 Å². The first-order chi connectivity index (χ1) is 17.0. The number of hydrogen-bond acceptors (Lipinski definition) is 3. The summed E-state index contributed by atoms with van der Waals surface area (Å²) in [6.45, 7) is 4.54. The summed E-state index contributed by atoms with van der Waals surface area (Å²) in [5.74, 6) is 1.08. The third-order valence-electron chi connectivity index (χ3n) is 7.22. The lowest BCUT2D eigenvalue weighted by Gasteiger charge is -2.21. The van der Waals surface area contributed by atoms with Gasteiger partial charge in [-0.05, 0) is 52.1 Å². The topological polar surface area (TPSA) is 43.6 Å². The average molecular weight is 473 g/mol. The van der Waals surface area contributed by atoms with Gasteiger partial charge in [-0.2, -0.15) is 15.0 Å². The fourth-order valence-corrected chi connectivity index (χ4v) is 5.71. The summed E-state index contributed by atoms with van der Waals surface area (Å²) in [7, 11) is 0. The Bertz CT molecular complexity index is 1740.